The fraction of sp³-hybridized carbons (Fsp3) is 0.111. The number of anilines is 1. The molecule has 0 radical (unpaired) electrons. The van der Waals surface area contributed by atoms with Crippen LogP contribution in [0.15, 0.2) is 60.8 Å². The van der Waals surface area contributed by atoms with Crippen molar-refractivity contribution in [3.05, 3.63) is 83.3 Å². The van der Waals surface area contributed by atoms with Crippen molar-refractivity contribution >= 4 is 11.7 Å². The normalized spacial score (nSPS) is 10.5. The van der Waals surface area contributed by atoms with Gasteiger partial charge in [0.25, 0.3) is 5.91 Å². The molecule has 0 atom stereocenters. The first-order valence-electron chi connectivity index (χ1n) is 7.27. The second-order valence-corrected chi connectivity index (χ2v) is 5.26. The second kappa shape index (κ2) is 6.44. The molecule has 0 saturated heterocycles. The average Bonchev–Trinajstić information content (AvgIpc) is 2.97. The van der Waals surface area contributed by atoms with Gasteiger partial charge in [0, 0.05) is 12.3 Å². The van der Waals surface area contributed by atoms with Crippen molar-refractivity contribution in [2.45, 2.75) is 13.5 Å². The molecule has 1 N–H and O–H groups in total. The lowest BCUT2D eigenvalue weighted by Gasteiger charge is -2.06. The molecule has 3 rings (SSSR count). The Morgan fingerprint density at radius 1 is 1.13 bits per heavy atom. The summed E-state index contributed by atoms with van der Waals surface area (Å²) in [6.45, 7) is 2.65. The maximum atomic E-state index is 13.6. The van der Waals surface area contributed by atoms with E-state index in [1.54, 1.807) is 29.1 Å². The summed E-state index contributed by atoms with van der Waals surface area (Å²) < 4.78 is 15.3. The van der Waals surface area contributed by atoms with Gasteiger partial charge in [-0.1, -0.05) is 36.4 Å². The van der Waals surface area contributed by atoms with Crippen LogP contribution in [0, 0.1) is 12.7 Å². The van der Waals surface area contributed by atoms with Gasteiger partial charge in [-0.05, 0) is 30.2 Å². The number of rotatable bonds is 4. The van der Waals surface area contributed by atoms with Gasteiger partial charge in [-0.15, -0.1) is 0 Å². The molecule has 1 heterocycles. The number of carbonyl (C=O) groups is 1. The summed E-state index contributed by atoms with van der Waals surface area (Å²) in [6.07, 6.45) is 1.78. The number of benzene rings is 2. The highest BCUT2D eigenvalue weighted by molar-refractivity contribution is 6.03. The zero-order chi connectivity index (χ0) is 16.2. The van der Waals surface area contributed by atoms with Gasteiger partial charge >= 0.3 is 0 Å². The van der Waals surface area contributed by atoms with E-state index in [0.717, 1.165) is 5.56 Å². The standard InChI is InChI=1S/C18H16FN3O/c1-13-6-2-3-7-14(13)12-22-11-10-17(21-22)20-18(23)15-8-4-5-9-16(15)19/h2-11H,12H2,1H3,(H,20,21,23). The lowest BCUT2D eigenvalue weighted by Crippen LogP contribution is -2.14. The highest BCUT2D eigenvalue weighted by atomic mass is 19.1. The Hall–Kier alpha value is -2.95. The molecule has 0 bridgehead atoms. The fourth-order valence-electron chi connectivity index (χ4n) is 2.31. The van der Waals surface area contributed by atoms with Crippen molar-refractivity contribution in [3.63, 3.8) is 0 Å². The van der Waals surface area contributed by atoms with Gasteiger partial charge in [0.15, 0.2) is 5.82 Å². The molecule has 0 saturated carbocycles. The summed E-state index contributed by atoms with van der Waals surface area (Å²) >= 11 is 0. The van der Waals surface area contributed by atoms with Crippen molar-refractivity contribution in [3.8, 4) is 0 Å². The minimum absolute atomic E-state index is 0.000883. The van der Waals surface area contributed by atoms with E-state index in [0.29, 0.717) is 12.4 Å². The molecule has 23 heavy (non-hydrogen) atoms. The van der Waals surface area contributed by atoms with Crippen molar-refractivity contribution in [2.75, 3.05) is 5.32 Å². The third kappa shape index (κ3) is 3.45. The largest absolute Gasteiger partial charge is 0.305 e. The molecule has 4 nitrogen and oxygen atoms in total. The molecular weight excluding hydrogens is 293 g/mol. The van der Waals surface area contributed by atoms with Gasteiger partial charge in [0.05, 0.1) is 12.1 Å². The number of aryl methyl sites for hydroxylation is 1. The average molecular weight is 309 g/mol. The summed E-state index contributed by atoms with van der Waals surface area (Å²) in [5.41, 5.74) is 2.34. The van der Waals surface area contributed by atoms with Crippen molar-refractivity contribution in [2.24, 2.45) is 0 Å². The minimum Gasteiger partial charge on any atom is -0.305 e. The molecule has 1 aromatic heterocycles. The van der Waals surface area contributed by atoms with Gasteiger partial charge in [-0.3, -0.25) is 9.48 Å². The van der Waals surface area contributed by atoms with E-state index in [9.17, 15) is 9.18 Å². The maximum absolute atomic E-state index is 13.6. The molecular formula is C18H16FN3O. The Labute approximate surface area is 133 Å². The SMILES string of the molecule is Cc1ccccc1Cn1ccc(NC(=O)c2ccccc2F)n1. The lowest BCUT2D eigenvalue weighted by atomic mass is 10.1. The molecule has 0 aliphatic carbocycles. The summed E-state index contributed by atoms with van der Waals surface area (Å²) in [4.78, 5) is 12.1. The predicted octanol–water partition coefficient (Wildman–Crippen LogP) is 3.63. The first-order chi connectivity index (χ1) is 11.1. The molecule has 0 fully saturated rings. The van der Waals surface area contributed by atoms with E-state index >= 15 is 0 Å². The zero-order valence-electron chi connectivity index (χ0n) is 12.7. The van der Waals surface area contributed by atoms with Crippen LogP contribution in [-0.4, -0.2) is 15.7 Å². The van der Waals surface area contributed by atoms with Crippen LogP contribution in [-0.2, 0) is 6.54 Å². The summed E-state index contributed by atoms with van der Waals surface area (Å²) in [5.74, 6) is -0.666. The third-order valence-electron chi connectivity index (χ3n) is 3.59. The highest BCUT2D eigenvalue weighted by Gasteiger charge is 2.12. The van der Waals surface area contributed by atoms with Crippen molar-refractivity contribution in [1.29, 1.82) is 0 Å². The van der Waals surface area contributed by atoms with Gasteiger partial charge < -0.3 is 5.32 Å². The molecule has 2 aromatic carbocycles. The Morgan fingerprint density at radius 2 is 1.87 bits per heavy atom. The fourth-order valence-corrected chi connectivity index (χ4v) is 2.31. The van der Waals surface area contributed by atoms with Gasteiger partial charge in [-0.2, -0.15) is 5.10 Å². The van der Waals surface area contributed by atoms with E-state index in [4.69, 9.17) is 0 Å². The summed E-state index contributed by atoms with van der Waals surface area (Å²) in [7, 11) is 0. The van der Waals surface area contributed by atoms with Crippen LogP contribution in [0.5, 0.6) is 0 Å². The molecule has 0 spiro atoms. The molecule has 3 aromatic rings. The zero-order valence-corrected chi connectivity index (χ0v) is 12.7. The number of halogens is 1. The number of nitrogens with one attached hydrogen (secondary N) is 1. The van der Waals surface area contributed by atoms with Crippen LogP contribution in [0.2, 0.25) is 0 Å². The van der Waals surface area contributed by atoms with Crippen LogP contribution < -0.4 is 5.32 Å². The molecule has 1 amide bonds. The lowest BCUT2D eigenvalue weighted by molar-refractivity contribution is 0.102. The second-order valence-electron chi connectivity index (χ2n) is 5.26. The van der Waals surface area contributed by atoms with E-state index in [1.165, 1.54) is 17.7 Å². The van der Waals surface area contributed by atoms with Crippen LogP contribution in [0.3, 0.4) is 0 Å². The quantitative estimate of drug-likeness (QED) is 0.800. The monoisotopic (exact) mass is 309 g/mol. The van der Waals surface area contributed by atoms with Crippen LogP contribution in [0.4, 0.5) is 10.2 Å². The molecule has 5 heteroatoms. The molecule has 0 unspecified atom stereocenters. The Morgan fingerprint density at radius 3 is 2.65 bits per heavy atom. The number of carbonyl (C=O) groups excluding carboxylic acids is 1. The number of amides is 1. The topological polar surface area (TPSA) is 46.9 Å². The molecule has 116 valence electrons. The number of hydrogen-bond acceptors (Lipinski definition) is 2. The van der Waals surface area contributed by atoms with Gasteiger partial charge in [-0.25, -0.2) is 4.39 Å². The van der Waals surface area contributed by atoms with Crippen LogP contribution in [0.25, 0.3) is 0 Å². The Bertz CT molecular complexity index is 842. The first kappa shape index (κ1) is 15.0. The van der Waals surface area contributed by atoms with Gasteiger partial charge in [0.2, 0.25) is 0 Å². The van der Waals surface area contributed by atoms with E-state index in [2.05, 4.69) is 10.4 Å². The Kier molecular flexibility index (Phi) is 4.19. The van der Waals surface area contributed by atoms with Crippen molar-refractivity contribution < 1.29 is 9.18 Å². The maximum Gasteiger partial charge on any atom is 0.259 e. The molecule has 0 aliphatic heterocycles. The highest BCUT2D eigenvalue weighted by Crippen LogP contribution is 2.12. The Balaban J connectivity index is 1.72. The van der Waals surface area contributed by atoms with Crippen LogP contribution >= 0.6 is 0 Å². The van der Waals surface area contributed by atoms with Crippen molar-refractivity contribution in [1.82, 2.24) is 9.78 Å². The molecule has 0 aliphatic rings. The minimum atomic E-state index is -0.552. The van der Waals surface area contributed by atoms with Gasteiger partial charge in [0.1, 0.15) is 5.82 Å². The summed E-state index contributed by atoms with van der Waals surface area (Å²) in [5, 5.41) is 6.91. The van der Waals surface area contributed by atoms with E-state index in [-0.39, 0.29) is 5.56 Å². The number of hydrogen-bond donors (Lipinski definition) is 1. The third-order valence-corrected chi connectivity index (χ3v) is 3.59. The smallest absolute Gasteiger partial charge is 0.259 e. The predicted molar refractivity (Wildman–Crippen MR) is 86.9 cm³/mol. The summed E-state index contributed by atoms with van der Waals surface area (Å²) in [6, 6.07) is 15.6. The van der Waals surface area contributed by atoms with E-state index in [1.807, 2.05) is 31.2 Å². The van der Waals surface area contributed by atoms with E-state index < -0.39 is 11.7 Å². The number of aromatic nitrogens is 2. The number of nitrogens with zero attached hydrogens (tertiary/aromatic N) is 2. The first-order valence-corrected chi connectivity index (χ1v) is 7.27. The van der Waals surface area contributed by atoms with Crippen LogP contribution in [0.1, 0.15) is 21.5 Å².